The summed E-state index contributed by atoms with van der Waals surface area (Å²) >= 11 is 0. The van der Waals surface area contributed by atoms with E-state index in [0.29, 0.717) is 12.5 Å². The molecule has 0 saturated carbocycles. The number of aryl methyl sites for hydroxylation is 2. The highest BCUT2D eigenvalue weighted by atomic mass is 15.0. The zero-order valence-electron chi connectivity index (χ0n) is 10.7. The average molecular weight is 222 g/mol. The monoisotopic (exact) mass is 222 g/mol. The second kappa shape index (κ2) is 5.80. The van der Waals surface area contributed by atoms with Gasteiger partial charge in [0, 0.05) is 12.5 Å². The van der Waals surface area contributed by atoms with Crippen LogP contribution in [0.2, 0.25) is 0 Å². The van der Waals surface area contributed by atoms with Crippen LogP contribution in [0.1, 0.15) is 43.4 Å². The number of hydrogen-bond acceptors (Lipinski definition) is 4. The molecule has 0 bridgehead atoms. The van der Waals surface area contributed by atoms with Gasteiger partial charge in [0.1, 0.15) is 5.82 Å². The van der Waals surface area contributed by atoms with Crippen LogP contribution in [0.5, 0.6) is 0 Å². The van der Waals surface area contributed by atoms with Gasteiger partial charge in [-0.15, -0.1) is 0 Å². The Bertz CT molecular complexity index is 324. The molecule has 0 saturated heterocycles. The van der Waals surface area contributed by atoms with Crippen molar-refractivity contribution in [1.82, 2.24) is 9.97 Å². The lowest BCUT2D eigenvalue weighted by atomic mass is 10.2. The van der Waals surface area contributed by atoms with Gasteiger partial charge in [-0.05, 0) is 26.8 Å². The molecule has 0 aliphatic heterocycles. The van der Waals surface area contributed by atoms with E-state index in [1.54, 1.807) is 0 Å². The standard InChI is InChI=1S/C12H22N4/c1-8(2)12-15-9(3)11(10(4)16-12)14-7-5-6-13/h8,14H,5-7,13H2,1-4H3. The van der Waals surface area contributed by atoms with Gasteiger partial charge in [0.15, 0.2) is 0 Å². The fourth-order valence-corrected chi connectivity index (χ4v) is 1.57. The van der Waals surface area contributed by atoms with Gasteiger partial charge < -0.3 is 11.1 Å². The molecule has 1 heterocycles. The van der Waals surface area contributed by atoms with E-state index < -0.39 is 0 Å². The van der Waals surface area contributed by atoms with Crippen LogP contribution >= 0.6 is 0 Å². The first-order valence-electron chi connectivity index (χ1n) is 5.85. The lowest BCUT2D eigenvalue weighted by molar-refractivity contribution is 0.757. The molecule has 0 unspecified atom stereocenters. The highest BCUT2D eigenvalue weighted by Crippen LogP contribution is 2.19. The third kappa shape index (κ3) is 3.17. The van der Waals surface area contributed by atoms with E-state index in [9.17, 15) is 0 Å². The second-order valence-electron chi connectivity index (χ2n) is 4.35. The molecule has 1 rings (SSSR count). The third-order valence-electron chi connectivity index (χ3n) is 2.49. The summed E-state index contributed by atoms with van der Waals surface area (Å²) in [5, 5.41) is 3.34. The van der Waals surface area contributed by atoms with Crippen LogP contribution in [0, 0.1) is 13.8 Å². The van der Waals surface area contributed by atoms with Gasteiger partial charge in [0.05, 0.1) is 17.1 Å². The molecule has 1 aromatic heterocycles. The van der Waals surface area contributed by atoms with Gasteiger partial charge in [0.2, 0.25) is 0 Å². The summed E-state index contributed by atoms with van der Waals surface area (Å²) in [7, 11) is 0. The Balaban J connectivity index is 2.85. The first-order valence-corrected chi connectivity index (χ1v) is 5.85. The van der Waals surface area contributed by atoms with Crippen molar-refractivity contribution < 1.29 is 0 Å². The van der Waals surface area contributed by atoms with Crippen LogP contribution in [0.3, 0.4) is 0 Å². The van der Waals surface area contributed by atoms with E-state index in [-0.39, 0.29) is 0 Å². The number of nitrogens with zero attached hydrogens (tertiary/aromatic N) is 2. The largest absolute Gasteiger partial charge is 0.382 e. The van der Waals surface area contributed by atoms with Crippen LogP contribution in [-0.2, 0) is 0 Å². The SMILES string of the molecule is Cc1nc(C(C)C)nc(C)c1NCCCN. The van der Waals surface area contributed by atoms with Crippen molar-refractivity contribution in [3.63, 3.8) is 0 Å². The Morgan fingerprint density at radius 3 is 2.19 bits per heavy atom. The average Bonchev–Trinajstić information content (AvgIpc) is 2.21. The van der Waals surface area contributed by atoms with Gasteiger partial charge in [-0.25, -0.2) is 9.97 Å². The molecule has 0 amide bonds. The van der Waals surface area contributed by atoms with Gasteiger partial charge in [-0.2, -0.15) is 0 Å². The molecule has 4 heteroatoms. The summed E-state index contributed by atoms with van der Waals surface area (Å²) < 4.78 is 0. The minimum Gasteiger partial charge on any atom is -0.382 e. The summed E-state index contributed by atoms with van der Waals surface area (Å²) in [5.74, 6) is 1.29. The van der Waals surface area contributed by atoms with Gasteiger partial charge in [-0.1, -0.05) is 13.8 Å². The normalized spacial score (nSPS) is 10.9. The minimum absolute atomic E-state index is 0.371. The van der Waals surface area contributed by atoms with Crippen LogP contribution in [0.25, 0.3) is 0 Å². The lowest BCUT2D eigenvalue weighted by Gasteiger charge is -2.14. The van der Waals surface area contributed by atoms with Crippen molar-refractivity contribution in [3.8, 4) is 0 Å². The topological polar surface area (TPSA) is 63.8 Å². The van der Waals surface area contributed by atoms with Gasteiger partial charge >= 0.3 is 0 Å². The Morgan fingerprint density at radius 2 is 1.75 bits per heavy atom. The van der Waals surface area contributed by atoms with E-state index in [1.807, 2.05) is 13.8 Å². The smallest absolute Gasteiger partial charge is 0.131 e. The number of hydrogen-bond donors (Lipinski definition) is 2. The zero-order valence-corrected chi connectivity index (χ0v) is 10.7. The summed E-state index contributed by atoms with van der Waals surface area (Å²) in [5.41, 5.74) is 8.56. The fourth-order valence-electron chi connectivity index (χ4n) is 1.57. The molecule has 0 fully saturated rings. The maximum absolute atomic E-state index is 5.46. The molecule has 3 N–H and O–H groups in total. The van der Waals surface area contributed by atoms with E-state index >= 15 is 0 Å². The molecule has 0 atom stereocenters. The van der Waals surface area contributed by atoms with E-state index in [0.717, 1.165) is 35.9 Å². The summed E-state index contributed by atoms with van der Waals surface area (Å²) in [4.78, 5) is 9.01. The molecule has 0 aliphatic carbocycles. The first-order chi connectivity index (χ1) is 7.56. The highest BCUT2D eigenvalue weighted by Gasteiger charge is 2.09. The lowest BCUT2D eigenvalue weighted by Crippen LogP contribution is -2.12. The molecule has 0 spiro atoms. The highest BCUT2D eigenvalue weighted by molar-refractivity contribution is 5.51. The maximum Gasteiger partial charge on any atom is 0.131 e. The Labute approximate surface area is 97.7 Å². The quantitative estimate of drug-likeness (QED) is 0.748. The molecule has 1 aromatic rings. The molecule has 0 aromatic carbocycles. The Morgan fingerprint density at radius 1 is 1.19 bits per heavy atom. The number of aromatic nitrogens is 2. The number of rotatable bonds is 5. The summed E-state index contributed by atoms with van der Waals surface area (Å²) in [6, 6.07) is 0. The summed E-state index contributed by atoms with van der Waals surface area (Å²) in [6.45, 7) is 9.83. The van der Waals surface area contributed by atoms with E-state index in [2.05, 4.69) is 29.1 Å². The van der Waals surface area contributed by atoms with Crippen molar-refractivity contribution in [1.29, 1.82) is 0 Å². The predicted molar refractivity (Wildman–Crippen MR) is 67.8 cm³/mol. The van der Waals surface area contributed by atoms with Crippen molar-refractivity contribution in [2.24, 2.45) is 5.73 Å². The zero-order chi connectivity index (χ0) is 12.1. The molecule has 4 nitrogen and oxygen atoms in total. The van der Waals surface area contributed by atoms with E-state index in [4.69, 9.17) is 5.73 Å². The van der Waals surface area contributed by atoms with Crippen molar-refractivity contribution in [3.05, 3.63) is 17.2 Å². The van der Waals surface area contributed by atoms with Crippen LogP contribution in [0.15, 0.2) is 0 Å². The first kappa shape index (κ1) is 12.9. The maximum atomic E-state index is 5.46. The van der Waals surface area contributed by atoms with Gasteiger partial charge in [-0.3, -0.25) is 0 Å². The number of anilines is 1. The molecule has 0 aliphatic rings. The minimum atomic E-state index is 0.371. The van der Waals surface area contributed by atoms with Crippen molar-refractivity contribution in [2.75, 3.05) is 18.4 Å². The molecule has 0 radical (unpaired) electrons. The molecular weight excluding hydrogens is 200 g/mol. The second-order valence-corrected chi connectivity index (χ2v) is 4.35. The Kier molecular flexibility index (Phi) is 4.68. The number of nitrogens with one attached hydrogen (secondary N) is 1. The van der Waals surface area contributed by atoms with Crippen molar-refractivity contribution in [2.45, 2.75) is 40.0 Å². The summed E-state index contributed by atoms with van der Waals surface area (Å²) in [6.07, 6.45) is 0.963. The fraction of sp³-hybridized carbons (Fsp3) is 0.667. The van der Waals surface area contributed by atoms with Crippen LogP contribution in [-0.4, -0.2) is 23.1 Å². The predicted octanol–water partition coefficient (Wildman–Crippen LogP) is 1.98. The van der Waals surface area contributed by atoms with Gasteiger partial charge in [0.25, 0.3) is 0 Å². The Hall–Kier alpha value is -1.16. The molecule has 90 valence electrons. The molecule has 16 heavy (non-hydrogen) atoms. The third-order valence-corrected chi connectivity index (χ3v) is 2.49. The van der Waals surface area contributed by atoms with E-state index in [1.165, 1.54) is 0 Å². The van der Waals surface area contributed by atoms with Crippen LogP contribution < -0.4 is 11.1 Å². The van der Waals surface area contributed by atoms with Crippen molar-refractivity contribution >= 4 is 5.69 Å². The number of nitrogens with two attached hydrogens (primary N) is 1. The van der Waals surface area contributed by atoms with Crippen LogP contribution in [0.4, 0.5) is 5.69 Å². The molecular formula is C12H22N4.